The van der Waals surface area contributed by atoms with Crippen molar-refractivity contribution < 1.29 is 9.47 Å². The van der Waals surface area contributed by atoms with E-state index in [0.29, 0.717) is 35.8 Å². The highest BCUT2D eigenvalue weighted by Gasteiger charge is 2.34. The van der Waals surface area contributed by atoms with E-state index >= 15 is 0 Å². The third kappa shape index (κ3) is 7.39. The van der Waals surface area contributed by atoms with Gasteiger partial charge in [-0.15, -0.1) is 0 Å². The van der Waals surface area contributed by atoms with E-state index in [1.54, 1.807) is 11.8 Å². The molecule has 0 fully saturated rings. The van der Waals surface area contributed by atoms with Crippen molar-refractivity contribution >= 4 is 23.1 Å². The Balaban J connectivity index is 2.05. The summed E-state index contributed by atoms with van der Waals surface area (Å²) in [5.74, 6) is 1.06. The van der Waals surface area contributed by atoms with E-state index in [1.165, 1.54) is 38.5 Å². The molecule has 3 rings (SSSR count). The zero-order valence-electron chi connectivity index (χ0n) is 23.5. The van der Waals surface area contributed by atoms with E-state index in [-0.39, 0.29) is 0 Å². The Morgan fingerprint density at radius 1 is 0.711 bits per heavy atom. The van der Waals surface area contributed by atoms with Crippen LogP contribution in [0.25, 0.3) is 0 Å². The van der Waals surface area contributed by atoms with Crippen LogP contribution in [0.4, 0.5) is 11.4 Å². The molecule has 0 unspecified atom stereocenters. The van der Waals surface area contributed by atoms with Crippen LogP contribution in [0, 0.1) is 22.7 Å². The Bertz CT molecular complexity index is 1120. The molecule has 38 heavy (non-hydrogen) atoms. The van der Waals surface area contributed by atoms with Gasteiger partial charge in [0.15, 0.2) is 11.5 Å². The first kappa shape index (κ1) is 29.7. The zero-order valence-corrected chi connectivity index (χ0v) is 24.3. The average molecular weight is 534 g/mol. The van der Waals surface area contributed by atoms with Crippen LogP contribution in [0.2, 0.25) is 0 Å². The second-order valence-corrected chi connectivity index (χ2v) is 11.0. The van der Waals surface area contributed by atoms with Crippen LogP contribution in [0.5, 0.6) is 11.5 Å². The van der Waals surface area contributed by atoms with Crippen molar-refractivity contribution in [3.8, 4) is 23.6 Å². The van der Waals surface area contributed by atoms with Gasteiger partial charge in [-0.3, -0.25) is 0 Å². The van der Waals surface area contributed by atoms with Gasteiger partial charge in [0.25, 0.3) is 0 Å². The van der Waals surface area contributed by atoms with E-state index in [0.717, 1.165) is 66.2 Å². The summed E-state index contributed by atoms with van der Waals surface area (Å²) in [5, 5.41) is 20.5. The van der Waals surface area contributed by atoms with Gasteiger partial charge in [0.2, 0.25) is 0 Å². The maximum Gasteiger partial charge on any atom is 0.163 e. The molecule has 0 saturated heterocycles. The molecule has 0 N–H and O–H groups in total. The number of hydrogen-bond acceptors (Lipinski definition) is 6. The highest BCUT2D eigenvalue weighted by Crippen LogP contribution is 2.57. The van der Waals surface area contributed by atoms with Crippen LogP contribution in [-0.4, -0.2) is 19.8 Å². The van der Waals surface area contributed by atoms with E-state index in [9.17, 15) is 10.5 Å². The quantitative estimate of drug-likeness (QED) is 0.189. The lowest BCUT2D eigenvalue weighted by Crippen LogP contribution is -2.24. The summed E-state index contributed by atoms with van der Waals surface area (Å²) in [5.41, 5.74) is 2.59. The van der Waals surface area contributed by atoms with E-state index in [1.807, 2.05) is 6.07 Å². The van der Waals surface area contributed by atoms with Crippen molar-refractivity contribution in [2.75, 3.05) is 24.7 Å². The number of nitrogens with zero attached hydrogens (tertiary/aromatic N) is 3. The second kappa shape index (κ2) is 16.2. The SMILES string of the molecule is CCCCCCCOc1c(C#N)c(C#N)c(OCCCCCCC)c2c1Sc1ccccc1N2CCCC. The molecule has 1 aliphatic heterocycles. The minimum absolute atomic E-state index is 0.294. The monoisotopic (exact) mass is 533 g/mol. The number of anilines is 2. The van der Waals surface area contributed by atoms with Gasteiger partial charge in [0.05, 0.1) is 23.8 Å². The first-order valence-corrected chi connectivity index (χ1v) is 15.4. The predicted octanol–water partition coefficient (Wildman–Crippen LogP) is 9.53. The number of fused-ring (bicyclic) bond motifs is 2. The fourth-order valence-electron chi connectivity index (χ4n) is 4.81. The van der Waals surface area contributed by atoms with Gasteiger partial charge >= 0.3 is 0 Å². The number of nitriles is 2. The van der Waals surface area contributed by atoms with Gasteiger partial charge < -0.3 is 14.4 Å². The van der Waals surface area contributed by atoms with Crippen LogP contribution in [-0.2, 0) is 0 Å². The molecule has 0 aromatic heterocycles. The highest BCUT2D eigenvalue weighted by molar-refractivity contribution is 7.99. The second-order valence-electron chi connectivity index (χ2n) is 9.91. The first-order chi connectivity index (χ1) is 18.7. The molecule has 5 nitrogen and oxygen atoms in total. The Hall–Kier alpha value is -2.83. The van der Waals surface area contributed by atoms with Crippen molar-refractivity contribution in [1.82, 2.24) is 0 Å². The van der Waals surface area contributed by atoms with Crippen LogP contribution in [0.3, 0.4) is 0 Å². The minimum atomic E-state index is 0.294. The zero-order chi connectivity index (χ0) is 27.2. The molecule has 0 spiro atoms. The number of rotatable bonds is 17. The van der Waals surface area contributed by atoms with Crippen LogP contribution in [0.15, 0.2) is 34.1 Å². The largest absolute Gasteiger partial charge is 0.491 e. The van der Waals surface area contributed by atoms with Crippen molar-refractivity contribution in [3.05, 3.63) is 35.4 Å². The number of unbranched alkanes of at least 4 members (excludes halogenated alkanes) is 9. The lowest BCUT2D eigenvalue weighted by Gasteiger charge is -2.35. The maximum absolute atomic E-state index is 10.3. The molecular formula is C32H43N3O2S. The molecule has 0 aliphatic carbocycles. The molecule has 0 atom stereocenters. The fourth-order valence-corrected chi connectivity index (χ4v) is 6.01. The van der Waals surface area contributed by atoms with Gasteiger partial charge in [0.1, 0.15) is 29.0 Å². The summed E-state index contributed by atoms with van der Waals surface area (Å²) >= 11 is 1.62. The third-order valence-corrected chi connectivity index (χ3v) is 8.07. The molecule has 204 valence electrons. The molecule has 0 radical (unpaired) electrons. The Kier molecular flexibility index (Phi) is 12.7. The maximum atomic E-state index is 10.3. The summed E-state index contributed by atoms with van der Waals surface area (Å²) in [4.78, 5) is 4.31. The average Bonchev–Trinajstić information content (AvgIpc) is 2.94. The van der Waals surface area contributed by atoms with Crippen LogP contribution < -0.4 is 14.4 Å². The Labute approximate surface area is 234 Å². The summed E-state index contributed by atoms with van der Waals surface area (Å²) in [6.45, 7) is 8.47. The van der Waals surface area contributed by atoms with Crippen molar-refractivity contribution in [1.29, 1.82) is 10.5 Å². The first-order valence-electron chi connectivity index (χ1n) is 14.6. The van der Waals surface area contributed by atoms with Crippen LogP contribution in [0.1, 0.15) is 109 Å². The molecule has 1 heterocycles. The molecule has 2 aromatic rings. The molecule has 1 aliphatic rings. The summed E-state index contributed by atoms with van der Waals surface area (Å²) < 4.78 is 12.8. The standard InChI is InChI=1S/C32H43N3O2S/c1-4-7-10-12-16-21-36-30-25(23-33)26(24-34)31(37-22-17-13-11-8-5-2)32-29(30)35(20-9-6-3)27-18-14-15-19-28(27)38-32/h14-15,18-19H,4-13,16-17,20-22H2,1-3H3. The van der Waals surface area contributed by atoms with Crippen molar-refractivity contribution in [2.24, 2.45) is 0 Å². The van der Waals surface area contributed by atoms with Gasteiger partial charge in [-0.1, -0.05) is 102 Å². The number of para-hydroxylation sites is 1. The summed E-state index contributed by atoms with van der Waals surface area (Å²) in [7, 11) is 0. The van der Waals surface area contributed by atoms with E-state index < -0.39 is 0 Å². The Morgan fingerprint density at radius 2 is 1.26 bits per heavy atom. The third-order valence-electron chi connectivity index (χ3n) is 6.93. The number of ether oxygens (including phenoxy) is 2. The molecule has 0 saturated carbocycles. The summed E-state index contributed by atoms with van der Waals surface area (Å²) in [6, 6.07) is 13.0. The predicted molar refractivity (Wildman–Crippen MR) is 157 cm³/mol. The minimum Gasteiger partial charge on any atom is -0.491 e. The van der Waals surface area contributed by atoms with Gasteiger partial charge in [0, 0.05) is 11.4 Å². The van der Waals surface area contributed by atoms with Crippen molar-refractivity contribution in [3.63, 3.8) is 0 Å². The normalized spacial score (nSPS) is 11.9. The molecule has 2 aromatic carbocycles. The summed E-state index contributed by atoms with van der Waals surface area (Å²) in [6.07, 6.45) is 13.3. The fraction of sp³-hybridized carbons (Fsp3) is 0.562. The van der Waals surface area contributed by atoms with Gasteiger partial charge in [-0.05, 0) is 31.4 Å². The molecular weight excluding hydrogens is 490 g/mol. The number of benzene rings is 2. The van der Waals surface area contributed by atoms with E-state index in [2.05, 4.69) is 56.0 Å². The van der Waals surface area contributed by atoms with E-state index in [4.69, 9.17) is 9.47 Å². The molecule has 6 heteroatoms. The Morgan fingerprint density at radius 3 is 1.87 bits per heavy atom. The van der Waals surface area contributed by atoms with Gasteiger partial charge in [-0.25, -0.2) is 0 Å². The van der Waals surface area contributed by atoms with Crippen molar-refractivity contribution in [2.45, 2.75) is 108 Å². The molecule has 0 bridgehead atoms. The number of hydrogen-bond donors (Lipinski definition) is 0. The van der Waals surface area contributed by atoms with Crippen LogP contribution >= 0.6 is 11.8 Å². The van der Waals surface area contributed by atoms with Gasteiger partial charge in [-0.2, -0.15) is 10.5 Å². The highest BCUT2D eigenvalue weighted by atomic mass is 32.2. The lowest BCUT2D eigenvalue weighted by atomic mass is 10.0. The topological polar surface area (TPSA) is 69.3 Å². The lowest BCUT2D eigenvalue weighted by molar-refractivity contribution is 0.289. The molecule has 0 amide bonds. The smallest absolute Gasteiger partial charge is 0.163 e.